The fraction of sp³-hybridized carbons (Fsp3) is 0.800. The van der Waals surface area contributed by atoms with E-state index >= 15 is 0 Å². The van der Waals surface area contributed by atoms with Gasteiger partial charge >= 0.3 is 0 Å². The molecule has 0 saturated carbocycles. The van der Waals surface area contributed by atoms with Gasteiger partial charge in [-0.05, 0) is 19.9 Å². The first-order chi connectivity index (χ1) is 7.56. The van der Waals surface area contributed by atoms with Crippen molar-refractivity contribution in [3.63, 3.8) is 0 Å². The molecule has 0 aromatic carbocycles. The van der Waals surface area contributed by atoms with Crippen LogP contribution in [0.5, 0.6) is 0 Å². The van der Waals surface area contributed by atoms with E-state index in [-0.39, 0.29) is 6.61 Å². The Hall–Kier alpha value is -0.430. The largest absolute Gasteiger partial charge is 0.383 e. The number of sulfonamides is 1. The lowest BCUT2D eigenvalue weighted by Gasteiger charge is -2.17. The van der Waals surface area contributed by atoms with Crippen LogP contribution in [-0.4, -0.2) is 47.0 Å². The summed E-state index contributed by atoms with van der Waals surface area (Å²) in [6.45, 7) is 4.02. The Balaban J connectivity index is 2.44. The Labute approximate surface area is 97.3 Å². The van der Waals surface area contributed by atoms with Crippen molar-refractivity contribution in [2.75, 3.05) is 33.4 Å². The Morgan fingerprint density at radius 1 is 1.62 bits per heavy atom. The summed E-state index contributed by atoms with van der Waals surface area (Å²) < 4.78 is 30.9. The lowest BCUT2D eigenvalue weighted by molar-refractivity contribution is 0.200. The highest BCUT2D eigenvalue weighted by Crippen LogP contribution is 2.05. The highest BCUT2D eigenvalue weighted by atomic mass is 32.2. The minimum atomic E-state index is -3.26. The summed E-state index contributed by atoms with van der Waals surface area (Å²) in [4.78, 5) is 0. The molecule has 0 amide bonds. The van der Waals surface area contributed by atoms with Crippen LogP contribution in [0.2, 0.25) is 0 Å². The zero-order chi connectivity index (χ0) is 12.0. The van der Waals surface area contributed by atoms with Gasteiger partial charge in [-0.1, -0.05) is 11.6 Å². The van der Waals surface area contributed by atoms with Crippen molar-refractivity contribution in [3.8, 4) is 0 Å². The van der Waals surface area contributed by atoms with Gasteiger partial charge in [-0.2, -0.15) is 0 Å². The maximum absolute atomic E-state index is 11.7. The minimum Gasteiger partial charge on any atom is -0.383 e. The maximum Gasteiger partial charge on any atom is 0.216 e. The highest BCUT2D eigenvalue weighted by Gasteiger charge is 2.20. The van der Waals surface area contributed by atoms with Gasteiger partial charge in [0.2, 0.25) is 10.0 Å². The standard InChI is InChI=1S/C10H20N2O3S/c1-9(8-15-2)16(13,14)12-7-10-3-5-11-6-4-10/h3,9,11-12H,4-8H2,1-2H3. The molecule has 0 spiro atoms. The van der Waals surface area contributed by atoms with Crippen molar-refractivity contribution in [1.29, 1.82) is 0 Å². The Bertz CT molecular complexity index is 338. The second-order valence-electron chi connectivity index (χ2n) is 3.95. The summed E-state index contributed by atoms with van der Waals surface area (Å²) >= 11 is 0. The molecule has 16 heavy (non-hydrogen) atoms. The molecule has 5 nitrogen and oxygen atoms in total. The predicted octanol–water partition coefficient (Wildman–Crippen LogP) is -0.140. The van der Waals surface area contributed by atoms with E-state index in [2.05, 4.69) is 10.0 Å². The number of methoxy groups -OCH3 is 1. The molecule has 0 saturated heterocycles. The van der Waals surface area contributed by atoms with Gasteiger partial charge in [0, 0.05) is 20.2 Å². The molecule has 2 N–H and O–H groups in total. The molecular formula is C10H20N2O3S. The Morgan fingerprint density at radius 3 is 2.94 bits per heavy atom. The van der Waals surface area contributed by atoms with Crippen LogP contribution in [0.4, 0.5) is 0 Å². The first-order valence-electron chi connectivity index (χ1n) is 5.42. The van der Waals surface area contributed by atoms with Crippen molar-refractivity contribution in [2.45, 2.75) is 18.6 Å². The van der Waals surface area contributed by atoms with Crippen LogP contribution < -0.4 is 10.0 Å². The van der Waals surface area contributed by atoms with Crippen molar-refractivity contribution >= 4 is 10.0 Å². The fourth-order valence-electron chi connectivity index (χ4n) is 1.49. The molecule has 1 aliphatic heterocycles. The van der Waals surface area contributed by atoms with E-state index in [1.54, 1.807) is 6.92 Å². The molecule has 0 radical (unpaired) electrons. The molecule has 1 unspecified atom stereocenters. The number of nitrogens with one attached hydrogen (secondary N) is 2. The van der Waals surface area contributed by atoms with Crippen molar-refractivity contribution in [1.82, 2.24) is 10.0 Å². The summed E-state index contributed by atoms with van der Waals surface area (Å²) in [5, 5.41) is 2.67. The SMILES string of the molecule is COCC(C)S(=O)(=O)NCC1=CCNCC1. The van der Waals surface area contributed by atoms with Gasteiger partial charge in [0.05, 0.1) is 11.9 Å². The van der Waals surface area contributed by atoms with Gasteiger partial charge in [0.1, 0.15) is 0 Å². The average Bonchev–Trinajstić information content (AvgIpc) is 2.28. The van der Waals surface area contributed by atoms with Crippen molar-refractivity contribution < 1.29 is 13.2 Å². The van der Waals surface area contributed by atoms with Gasteiger partial charge in [0.25, 0.3) is 0 Å². The van der Waals surface area contributed by atoms with Gasteiger partial charge in [0.15, 0.2) is 0 Å². The summed E-state index contributed by atoms with van der Waals surface area (Å²) in [5.41, 5.74) is 1.15. The minimum absolute atomic E-state index is 0.218. The molecule has 0 aromatic rings. The molecule has 0 fully saturated rings. The second kappa shape index (κ2) is 6.34. The van der Waals surface area contributed by atoms with Crippen LogP contribution in [0, 0.1) is 0 Å². The quantitative estimate of drug-likeness (QED) is 0.642. The number of hydrogen-bond donors (Lipinski definition) is 2. The van der Waals surface area contributed by atoms with Crippen LogP contribution in [0.25, 0.3) is 0 Å². The van der Waals surface area contributed by atoms with Crippen LogP contribution in [0.3, 0.4) is 0 Å². The van der Waals surface area contributed by atoms with E-state index in [0.717, 1.165) is 25.1 Å². The molecule has 0 bridgehead atoms. The number of ether oxygens (including phenoxy) is 1. The topological polar surface area (TPSA) is 67.4 Å². The molecule has 1 atom stereocenters. The normalized spacial score (nSPS) is 19.2. The Morgan fingerprint density at radius 2 is 2.38 bits per heavy atom. The molecule has 0 aromatic heterocycles. The fourth-order valence-corrected chi connectivity index (χ4v) is 2.48. The van der Waals surface area contributed by atoms with Crippen LogP contribution >= 0.6 is 0 Å². The van der Waals surface area contributed by atoms with Gasteiger partial charge in [-0.3, -0.25) is 0 Å². The van der Waals surface area contributed by atoms with Gasteiger partial charge in [-0.25, -0.2) is 13.1 Å². The van der Waals surface area contributed by atoms with Gasteiger partial charge in [-0.15, -0.1) is 0 Å². The first-order valence-corrected chi connectivity index (χ1v) is 6.97. The third kappa shape index (κ3) is 4.21. The first kappa shape index (κ1) is 13.6. The molecule has 1 rings (SSSR count). The molecule has 6 heteroatoms. The molecular weight excluding hydrogens is 228 g/mol. The smallest absolute Gasteiger partial charge is 0.216 e. The summed E-state index contributed by atoms with van der Waals surface area (Å²) in [7, 11) is -1.76. The van der Waals surface area contributed by atoms with E-state index in [0.29, 0.717) is 6.54 Å². The maximum atomic E-state index is 11.7. The lowest BCUT2D eigenvalue weighted by atomic mass is 10.1. The van der Waals surface area contributed by atoms with Crippen molar-refractivity contribution in [3.05, 3.63) is 11.6 Å². The molecule has 0 aliphatic carbocycles. The molecule has 1 aliphatic rings. The van der Waals surface area contributed by atoms with Crippen LogP contribution in [-0.2, 0) is 14.8 Å². The summed E-state index contributed by atoms with van der Waals surface area (Å²) in [5.74, 6) is 0. The van der Waals surface area contributed by atoms with E-state index in [1.807, 2.05) is 6.08 Å². The van der Waals surface area contributed by atoms with Crippen LogP contribution in [0.1, 0.15) is 13.3 Å². The lowest BCUT2D eigenvalue weighted by Crippen LogP contribution is -2.37. The predicted molar refractivity (Wildman–Crippen MR) is 63.8 cm³/mol. The van der Waals surface area contributed by atoms with Gasteiger partial charge < -0.3 is 10.1 Å². The Kier molecular flexibility index (Phi) is 5.40. The highest BCUT2D eigenvalue weighted by molar-refractivity contribution is 7.90. The second-order valence-corrected chi connectivity index (χ2v) is 6.13. The van der Waals surface area contributed by atoms with E-state index in [1.165, 1.54) is 7.11 Å². The van der Waals surface area contributed by atoms with E-state index in [9.17, 15) is 8.42 Å². The number of hydrogen-bond acceptors (Lipinski definition) is 4. The summed E-state index contributed by atoms with van der Waals surface area (Å²) in [6.07, 6.45) is 2.94. The van der Waals surface area contributed by atoms with E-state index < -0.39 is 15.3 Å². The van der Waals surface area contributed by atoms with E-state index in [4.69, 9.17) is 4.74 Å². The number of rotatable bonds is 6. The monoisotopic (exact) mass is 248 g/mol. The van der Waals surface area contributed by atoms with Crippen LogP contribution in [0.15, 0.2) is 11.6 Å². The zero-order valence-electron chi connectivity index (χ0n) is 9.82. The third-order valence-corrected chi connectivity index (χ3v) is 4.33. The average molecular weight is 248 g/mol. The third-order valence-electron chi connectivity index (χ3n) is 2.59. The summed E-state index contributed by atoms with van der Waals surface area (Å²) in [6, 6.07) is 0. The molecule has 1 heterocycles. The van der Waals surface area contributed by atoms with Crippen molar-refractivity contribution in [2.24, 2.45) is 0 Å². The zero-order valence-corrected chi connectivity index (χ0v) is 10.6. The molecule has 94 valence electrons.